The monoisotopic (exact) mass is 230 g/mol. The van der Waals surface area contributed by atoms with Crippen molar-refractivity contribution in [1.29, 1.82) is 0 Å². The average molecular weight is 230 g/mol. The van der Waals surface area contributed by atoms with Gasteiger partial charge in [0.2, 0.25) is 5.91 Å². The van der Waals surface area contributed by atoms with E-state index in [1.807, 2.05) is 6.92 Å². The van der Waals surface area contributed by atoms with Gasteiger partial charge in [-0.25, -0.2) is 0 Å². The van der Waals surface area contributed by atoms with E-state index in [0.29, 0.717) is 6.54 Å². The number of nitrogens with one attached hydrogen (secondary N) is 1. The Balaban J connectivity index is 2.50. The standard InChI is InChI=1S/C11H22N2O3/c1-8(9(15-2)16-3)13-10(14)11(7-12)5-4-6-11/h8-9H,4-7,12H2,1-3H3,(H,13,14). The fourth-order valence-corrected chi connectivity index (χ4v) is 2.06. The molecule has 0 aromatic carbocycles. The molecule has 3 N–H and O–H groups in total. The summed E-state index contributed by atoms with van der Waals surface area (Å²) >= 11 is 0. The van der Waals surface area contributed by atoms with Crippen molar-refractivity contribution < 1.29 is 14.3 Å². The van der Waals surface area contributed by atoms with Gasteiger partial charge in [-0.05, 0) is 19.8 Å². The minimum Gasteiger partial charge on any atom is -0.354 e. The molecule has 0 spiro atoms. The molecule has 0 bridgehead atoms. The highest BCUT2D eigenvalue weighted by molar-refractivity contribution is 5.84. The van der Waals surface area contributed by atoms with Gasteiger partial charge in [0, 0.05) is 20.8 Å². The summed E-state index contributed by atoms with van der Waals surface area (Å²) in [7, 11) is 3.11. The van der Waals surface area contributed by atoms with Gasteiger partial charge in [0.15, 0.2) is 6.29 Å². The first-order chi connectivity index (χ1) is 7.59. The van der Waals surface area contributed by atoms with Crippen LogP contribution in [0.5, 0.6) is 0 Å². The van der Waals surface area contributed by atoms with Crippen molar-refractivity contribution in [3.8, 4) is 0 Å². The second-order valence-corrected chi connectivity index (χ2v) is 4.44. The summed E-state index contributed by atoms with van der Waals surface area (Å²) in [6, 6.07) is -0.175. The normalized spacial score (nSPS) is 20.3. The third kappa shape index (κ3) is 2.53. The molecule has 94 valence electrons. The molecule has 0 radical (unpaired) electrons. The molecule has 1 unspecified atom stereocenters. The van der Waals surface area contributed by atoms with E-state index in [0.717, 1.165) is 19.3 Å². The zero-order valence-electron chi connectivity index (χ0n) is 10.3. The first-order valence-electron chi connectivity index (χ1n) is 5.66. The second kappa shape index (κ2) is 5.61. The Morgan fingerprint density at radius 2 is 2.00 bits per heavy atom. The van der Waals surface area contributed by atoms with Crippen LogP contribution in [0.2, 0.25) is 0 Å². The SMILES string of the molecule is COC(OC)C(C)NC(=O)C1(CN)CCC1. The van der Waals surface area contributed by atoms with E-state index in [9.17, 15) is 4.79 Å². The lowest BCUT2D eigenvalue weighted by molar-refractivity contribution is -0.146. The van der Waals surface area contributed by atoms with E-state index in [-0.39, 0.29) is 17.4 Å². The second-order valence-electron chi connectivity index (χ2n) is 4.44. The van der Waals surface area contributed by atoms with Gasteiger partial charge in [0.25, 0.3) is 0 Å². The van der Waals surface area contributed by atoms with Gasteiger partial charge in [0.1, 0.15) is 0 Å². The van der Waals surface area contributed by atoms with E-state index >= 15 is 0 Å². The molecule has 1 amide bonds. The number of hydrogen-bond donors (Lipinski definition) is 2. The topological polar surface area (TPSA) is 73.6 Å². The van der Waals surface area contributed by atoms with Gasteiger partial charge in [-0.1, -0.05) is 6.42 Å². The molecule has 1 aliphatic carbocycles. The van der Waals surface area contributed by atoms with Crippen molar-refractivity contribution >= 4 is 5.91 Å². The maximum Gasteiger partial charge on any atom is 0.227 e. The number of rotatable bonds is 6. The van der Waals surface area contributed by atoms with E-state index in [1.165, 1.54) is 0 Å². The van der Waals surface area contributed by atoms with E-state index in [4.69, 9.17) is 15.2 Å². The van der Waals surface area contributed by atoms with Crippen LogP contribution in [0.3, 0.4) is 0 Å². The maximum absolute atomic E-state index is 12.0. The van der Waals surface area contributed by atoms with Crippen LogP contribution in [-0.2, 0) is 14.3 Å². The number of carbonyl (C=O) groups is 1. The lowest BCUT2D eigenvalue weighted by Gasteiger charge is -2.40. The molecule has 0 aromatic rings. The number of nitrogens with two attached hydrogens (primary N) is 1. The van der Waals surface area contributed by atoms with Gasteiger partial charge >= 0.3 is 0 Å². The van der Waals surface area contributed by atoms with Crippen LogP contribution in [0.1, 0.15) is 26.2 Å². The largest absolute Gasteiger partial charge is 0.354 e. The summed E-state index contributed by atoms with van der Waals surface area (Å²) in [5.74, 6) is 0.0212. The fraction of sp³-hybridized carbons (Fsp3) is 0.909. The van der Waals surface area contributed by atoms with Crippen LogP contribution in [0.25, 0.3) is 0 Å². The molecular formula is C11H22N2O3. The lowest BCUT2D eigenvalue weighted by atomic mass is 9.68. The molecule has 16 heavy (non-hydrogen) atoms. The maximum atomic E-state index is 12.0. The van der Waals surface area contributed by atoms with E-state index < -0.39 is 6.29 Å². The Hall–Kier alpha value is -0.650. The number of hydrogen-bond acceptors (Lipinski definition) is 4. The smallest absolute Gasteiger partial charge is 0.227 e. The third-order valence-corrected chi connectivity index (χ3v) is 3.41. The summed E-state index contributed by atoms with van der Waals surface area (Å²) < 4.78 is 10.2. The average Bonchev–Trinajstić information content (AvgIpc) is 2.18. The van der Waals surface area contributed by atoms with Crippen LogP contribution < -0.4 is 11.1 Å². The first-order valence-corrected chi connectivity index (χ1v) is 5.66. The minimum absolute atomic E-state index is 0.0212. The van der Waals surface area contributed by atoms with Gasteiger partial charge in [-0.2, -0.15) is 0 Å². The molecule has 1 rings (SSSR count). The number of carbonyl (C=O) groups excluding carboxylic acids is 1. The Bertz CT molecular complexity index is 232. The van der Waals surface area contributed by atoms with Gasteiger partial charge < -0.3 is 20.5 Å². The van der Waals surface area contributed by atoms with Crippen LogP contribution in [0, 0.1) is 5.41 Å². The quantitative estimate of drug-likeness (QED) is 0.641. The van der Waals surface area contributed by atoms with Crippen LogP contribution in [0.4, 0.5) is 0 Å². The summed E-state index contributed by atoms with van der Waals surface area (Å²) in [5, 5.41) is 2.91. The summed E-state index contributed by atoms with van der Waals surface area (Å²) in [4.78, 5) is 12.0. The van der Waals surface area contributed by atoms with Crippen molar-refractivity contribution in [2.45, 2.75) is 38.5 Å². The molecule has 1 atom stereocenters. The molecule has 0 aliphatic heterocycles. The third-order valence-electron chi connectivity index (χ3n) is 3.41. The van der Waals surface area contributed by atoms with Gasteiger partial charge in [-0.15, -0.1) is 0 Å². The van der Waals surface area contributed by atoms with Crippen LogP contribution in [0.15, 0.2) is 0 Å². The Morgan fingerprint density at radius 3 is 2.31 bits per heavy atom. The van der Waals surface area contributed by atoms with Crippen molar-refractivity contribution in [1.82, 2.24) is 5.32 Å². The highest BCUT2D eigenvalue weighted by atomic mass is 16.7. The van der Waals surface area contributed by atoms with E-state index in [2.05, 4.69) is 5.32 Å². The minimum atomic E-state index is -0.418. The number of ether oxygens (including phenoxy) is 2. The van der Waals surface area contributed by atoms with Crippen molar-refractivity contribution in [2.75, 3.05) is 20.8 Å². The van der Waals surface area contributed by atoms with Crippen LogP contribution >= 0.6 is 0 Å². The predicted molar refractivity (Wildman–Crippen MR) is 60.7 cm³/mol. The molecule has 5 nitrogen and oxygen atoms in total. The number of amides is 1. The highest BCUT2D eigenvalue weighted by Gasteiger charge is 2.43. The molecule has 0 aromatic heterocycles. The molecule has 1 saturated carbocycles. The van der Waals surface area contributed by atoms with E-state index in [1.54, 1.807) is 14.2 Å². The zero-order chi connectivity index (χ0) is 12.2. The van der Waals surface area contributed by atoms with Crippen molar-refractivity contribution in [3.05, 3.63) is 0 Å². The molecule has 5 heteroatoms. The van der Waals surface area contributed by atoms with Crippen LogP contribution in [-0.4, -0.2) is 39.0 Å². The molecule has 1 aliphatic rings. The van der Waals surface area contributed by atoms with Gasteiger partial charge in [-0.3, -0.25) is 4.79 Å². The zero-order valence-corrected chi connectivity index (χ0v) is 10.3. The molecule has 1 fully saturated rings. The lowest BCUT2D eigenvalue weighted by Crippen LogP contribution is -2.54. The summed E-state index contributed by atoms with van der Waals surface area (Å²) in [5.41, 5.74) is 5.32. The highest BCUT2D eigenvalue weighted by Crippen LogP contribution is 2.40. The molecule has 0 saturated heterocycles. The Morgan fingerprint density at radius 1 is 1.44 bits per heavy atom. The summed E-state index contributed by atoms with van der Waals surface area (Å²) in [6.45, 7) is 2.27. The fourth-order valence-electron chi connectivity index (χ4n) is 2.06. The van der Waals surface area contributed by atoms with Crippen molar-refractivity contribution in [2.24, 2.45) is 11.1 Å². The Labute approximate surface area is 96.7 Å². The Kier molecular flexibility index (Phi) is 4.70. The molecular weight excluding hydrogens is 208 g/mol. The summed E-state index contributed by atoms with van der Waals surface area (Å²) in [6.07, 6.45) is 2.43. The first kappa shape index (κ1) is 13.4. The predicted octanol–water partition coefficient (Wildman–Crippen LogP) is 0.239. The number of methoxy groups -OCH3 is 2. The molecule has 0 heterocycles. The van der Waals surface area contributed by atoms with Gasteiger partial charge in [0.05, 0.1) is 11.5 Å². The van der Waals surface area contributed by atoms with Crippen molar-refractivity contribution in [3.63, 3.8) is 0 Å².